The molecule has 156 valence electrons. The summed E-state index contributed by atoms with van der Waals surface area (Å²) in [6, 6.07) is 10.7. The molecule has 0 aromatic heterocycles. The first-order chi connectivity index (χ1) is 14.0. The summed E-state index contributed by atoms with van der Waals surface area (Å²) < 4.78 is 0. The second-order valence-corrected chi connectivity index (χ2v) is 9.97. The Morgan fingerprint density at radius 3 is 2.21 bits per heavy atom. The largest absolute Gasteiger partial charge is 0.393 e. The summed E-state index contributed by atoms with van der Waals surface area (Å²) in [6.45, 7) is 1.41. The number of benzene rings is 1. The van der Waals surface area contributed by atoms with Crippen molar-refractivity contribution in [1.82, 2.24) is 10.2 Å². The van der Waals surface area contributed by atoms with Crippen LogP contribution < -0.4 is 5.32 Å². The zero-order chi connectivity index (χ0) is 20.2. The van der Waals surface area contributed by atoms with Crippen LogP contribution in [0.1, 0.15) is 44.1 Å². The van der Waals surface area contributed by atoms with Crippen LogP contribution in [0.5, 0.6) is 0 Å². The minimum absolute atomic E-state index is 0.0578. The van der Waals surface area contributed by atoms with Gasteiger partial charge in [-0.3, -0.25) is 9.59 Å². The highest BCUT2D eigenvalue weighted by molar-refractivity contribution is 5.80. The molecule has 6 rings (SSSR count). The smallest absolute Gasteiger partial charge is 0.223 e. The Balaban J connectivity index is 1.37. The maximum atomic E-state index is 13.3. The maximum absolute atomic E-state index is 13.3. The van der Waals surface area contributed by atoms with Gasteiger partial charge in [0.05, 0.1) is 6.10 Å². The van der Waals surface area contributed by atoms with Gasteiger partial charge in [-0.05, 0) is 54.9 Å². The molecule has 2 amide bonds. The van der Waals surface area contributed by atoms with Gasteiger partial charge in [-0.25, -0.2) is 0 Å². The maximum Gasteiger partial charge on any atom is 0.223 e. The lowest BCUT2D eigenvalue weighted by molar-refractivity contribution is -0.157. The van der Waals surface area contributed by atoms with E-state index in [9.17, 15) is 14.7 Å². The van der Waals surface area contributed by atoms with Gasteiger partial charge in [-0.1, -0.05) is 30.3 Å². The molecule has 4 bridgehead atoms. The third-order valence-electron chi connectivity index (χ3n) is 8.59. The number of aliphatic hydroxyl groups excluding tert-OH is 1. The molecule has 0 spiro atoms. The second kappa shape index (κ2) is 7.12. The Labute approximate surface area is 172 Å². The normalized spacial score (nSPS) is 38.0. The number of likely N-dealkylation sites (tertiary alicyclic amines) is 1. The van der Waals surface area contributed by atoms with Gasteiger partial charge in [-0.15, -0.1) is 0 Å². The molecule has 5 heteroatoms. The predicted octanol–water partition coefficient (Wildman–Crippen LogP) is 2.34. The van der Waals surface area contributed by atoms with E-state index in [0.29, 0.717) is 55.5 Å². The zero-order valence-corrected chi connectivity index (χ0v) is 17.2. The van der Waals surface area contributed by atoms with Gasteiger partial charge in [0.25, 0.3) is 0 Å². The van der Waals surface area contributed by atoms with Crippen LogP contribution in [0.4, 0.5) is 0 Å². The summed E-state index contributed by atoms with van der Waals surface area (Å²) in [6.07, 6.45) is 5.16. The quantitative estimate of drug-likeness (QED) is 0.803. The van der Waals surface area contributed by atoms with Gasteiger partial charge in [0.1, 0.15) is 0 Å². The highest BCUT2D eigenvalue weighted by Crippen LogP contribution is 2.64. The number of carbonyl (C=O) groups excluding carboxylic acids is 2. The summed E-state index contributed by atoms with van der Waals surface area (Å²) in [5, 5.41) is 13.3. The van der Waals surface area contributed by atoms with Crippen molar-refractivity contribution < 1.29 is 14.7 Å². The van der Waals surface area contributed by atoms with Gasteiger partial charge in [0.15, 0.2) is 0 Å². The van der Waals surface area contributed by atoms with Crippen LogP contribution in [-0.4, -0.2) is 48.1 Å². The Bertz CT molecular complexity index is 757. The van der Waals surface area contributed by atoms with E-state index in [4.69, 9.17) is 0 Å². The van der Waals surface area contributed by atoms with Crippen molar-refractivity contribution in [3.63, 3.8) is 0 Å². The first kappa shape index (κ1) is 19.1. The molecule has 5 aliphatic rings. The van der Waals surface area contributed by atoms with E-state index in [-0.39, 0.29) is 23.3 Å². The van der Waals surface area contributed by atoms with Gasteiger partial charge in [0, 0.05) is 44.3 Å². The van der Waals surface area contributed by atoms with Crippen molar-refractivity contribution in [2.45, 2.75) is 50.0 Å². The highest BCUT2D eigenvalue weighted by Gasteiger charge is 2.61. The minimum atomic E-state index is -0.132. The van der Waals surface area contributed by atoms with Crippen LogP contribution >= 0.6 is 0 Å². The summed E-state index contributed by atoms with van der Waals surface area (Å²) in [5.74, 6) is 2.42. The summed E-state index contributed by atoms with van der Waals surface area (Å²) in [7, 11) is 1.66. The topological polar surface area (TPSA) is 69.6 Å². The van der Waals surface area contributed by atoms with E-state index in [1.54, 1.807) is 7.05 Å². The molecule has 0 radical (unpaired) electrons. The summed E-state index contributed by atoms with van der Waals surface area (Å²) in [5.41, 5.74) is 1.23. The standard InChI is InChI=1S/C24H32N2O3/c1-25-21(27)7-15-13-26(14-15)22(28)12-24(18-5-3-2-4-6-18)19-8-16-9-20(24)11-17(10-19)23(16)29/h2-6,15-17,19-20,23,29H,7-14H2,1H3,(H,25,27). The van der Waals surface area contributed by atoms with Crippen molar-refractivity contribution in [2.75, 3.05) is 20.1 Å². The minimum Gasteiger partial charge on any atom is -0.393 e. The fourth-order valence-electron chi connectivity index (χ4n) is 7.20. The van der Waals surface area contributed by atoms with Crippen molar-refractivity contribution in [1.29, 1.82) is 0 Å². The molecule has 29 heavy (non-hydrogen) atoms. The molecule has 0 unspecified atom stereocenters. The lowest BCUT2D eigenvalue weighted by Crippen LogP contribution is -2.62. The van der Waals surface area contributed by atoms with Gasteiger partial charge in [-0.2, -0.15) is 0 Å². The van der Waals surface area contributed by atoms with Crippen LogP contribution in [0, 0.1) is 29.6 Å². The van der Waals surface area contributed by atoms with Crippen LogP contribution in [0.15, 0.2) is 30.3 Å². The molecule has 1 aromatic rings. The molecular formula is C24H32N2O3. The van der Waals surface area contributed by atoms with Gasteiger partial charge in [0.2, 0.25) is 11.8 Å². The van der Waals surface area contributed by atoms with Gasteiger partial charge < -0.3 is 15.3 Å². The van der Waals surface area contributed by atoms with E-state index < -0.39 is 0 Å². The molecule has 4 saturated carbocycles. The Morgan fingerprint density at radius 2 is 1.66 bits per heavy atom. The number of carbonyl (C=O) groups is 2. The molecule has 4 aliphatic carbocycles. The predicted molar refractivity (Wildman–Crippen MR) is 110 cm³/mol. The van der Waals surface area contributed by atoms with E-state index in [1.807, 2.05) is 4.90 Å². The van der Waals surface area contributed by atoms with E-state index in [0.717, 1.165) is 25.7 Å². The fourth-order valence-corrected chi connectivity index (χ4v) is 7.20. The van der Waals surface area contributed by atoms with Crippen LogP contribution in [0.3, 0.4) is 0 Å². The molecule has 1 aromatic carbocycles. The molecule has 1 saturated heterocycles. The number of amides is 2. The van der Waals surface area contributed by atoms with E-state index in [1.165, 1.54) is 5.56 Å². The molecular weight excluding hydrogens is 364 g/mol. The number of rotatable bonds is 5. The molecule has 0 atom stereocenters. The van der Waals surface area contributed by atoms with Crippen LogP contribution in [-0.2, 0) is 15.0 Å². The lowest BCUT2D eigenvalue weighted by atomic mass is 9.42. The third-order valence-corrected chi connectivity index (χ3v) is 8.59. The third kappa shape index (κ3) is 3.00. The zero-order valence-electron chi connectivity index (χ0n) is 17.2. The van der Waals surface area contributed by atoms with Crippen molar-refractivity contribution in [3.8, 4) is 0 Å². The summed E-state index contributed by atoms with van der Waals surface area (Å²) >= 11 is 0. The van der Waals surface area contributed by atoms with E-state index in [2.05, 4.69) is 35.6 Å². The average molecular weight is 397 g/mol. The monoisotopic (exact) mass is 396 g/mol. The Hall–Kier alpha value is -1.88. The fraction of sp³-hybridized carbons (Fsp3) is 0.667. The molecule has 2 N–H and O–H groups in total. The van der Waals surface area contributed by atoms with Crippen LogP contribution in [0.2, 0.25) is 0 Å². The number of hydrogen-bond donors (Lipinski definition) is 2. The van der Waals surface area contributed by atoms with Gasteiger partial charge >= 0.3 is 0 Å². The average Bonchev–Trinajstić information content (AvgIpc) is 2.69. The Kier molecular flexibility index (Phi) is 4.69. The van der Waals surface area contributed by atoms with Crippen molar-refractivity contribution in [2.24, 2.45) is 29.6 Å². The SMILES string of the molecule is CNC(=O)CC1CN(C(=O)CC2(c3ccccc3)C3CC4CC2CC(C3)C4O)C1. The second-order valence-electron chi connectivity index (χ2n) is 9.97. The molecule has 1 heterocycles. The number of nitrogens with zero attached hydrogens (tertiary/aromatic N) is 1. The first-order valence-electron chi connectivity index (χ1n) is 11.2. The summed E-state index contributed by atoms with van der Waals surface area (Å²) in [4.78, 5) is 26.9. The highest BCUT2D eigenvalue weighted by atomic mass is 16.3. The number of aliphatic hydroxyl groups is 1. The molecule has 1 aliphatic heterocycles. The van der Waals surface area contributed by atoms with E-state index >= 15 is 0 Å². The number of nitrogens with one attached hydrogen (secondary N) is 1. The van der Waals surface area contributed by atoms with Crippen LogP contribution in [0.25, 0.3) is 0 Å². The lowest BCUT2D eigenvalue weighted by Gasteiger charge is -2.63. The van der Waals surface area contributed by atoms with Crippen molar-refractivity contribution in [3.05, 3.63) is 35.9 Å². The first-order valence-corrected chi connectivity index (χ1v) is 11.2. The number of hydrogen-bond acceptors (Lipinski definition) is 3. The molecule has 5 nitrogen and oxygen atoms in total. The molecule has 5 fully saturated rings. The van der Waals surface area contributed by atoms with Crippen molar-refractivity contribution >= 4 is 11.8 Å². The Morgan fingerprint density at radius 1 is 1.07 bits per heavy atom.